The van der Waals surface area contributed by atoms with Gasteiger partial charge in [-0.15, -0.1) is 0 Å². The maximum absolute atomic E-state index is 13.3. The van der Waals surface area contributed by atoms with Gasteiger partial charge in [-0.05, 0) is 60.9 Å². The van der Waals surface area contributed by atoms with Crippen molar-refractivity contribution in [2.24, 2.45) is 4.99 Å². The van der Waals surface area contributed by atoms with Crippen molar-refractivity contribution in [3.63, 3.8) is 0 Å². The minimum atomic E-state index is -0.565. The zero-order valence-corrected chi connectivity index (χ0v) is 19.0. The van der Waals surface area contributed by atoms with E-state index in [2.05, 4.69) is 10.3 Å². The molecule has 0 bridgehead atoms. The molecule has 1 aliphatic rings. The van der Waals surface area contributed by atoms with E-state index in [1.54, 1.807) is 17.0 Å². The van der Waals surface area contributed by atoms with Crippen molar-refractivity contribution in [2.45, 2.75) is 25.0 Å². The zero-order chi connectivity index (χ0) is 23.2. The number of aliphatic imine (C=N–C) groups is 1. The van der Waals surface area contributed by atoms with Gasteiger partial charge >= 0.3 is 0 Å². The molecule has 4 rings (SSSR count). The second-order valence-electron chi connectivity index (χ2n) is 7.82. The van der Waals surface area contributed by atoms with Crippen LogP contribution in [-0.2, 0) is 16.0 Å². The summed E-state index contributed by atoms with van der Waals surface area (Å²) in [5, 5.41) is 2.83. The number of carbonyl (C=O) groups is 2. The second kappa shape index (κ2) is 10.4. The number of amidine groups is 1. The van der Waals surface area contributed by atoms with E-state index < -0.39 is 5.25 Å². The average molecular weight is 462 g/mol. The molecule has 3 aromatic rings. The fraction of sp³-hybridized carbons (Fsp3) is 0.192. The van der Waals surface area contributed by atoms with Gasteiger partial charge in [-0.2, -0.15) is 0 Å². The van der Waals surface area contributed by atoms with Crippen molar-refractivity contribution in [2.75, 3.05) is 11.9 Å². The molecule has 168 valence electrons. The van der Waals surface area contributed by atoms with Gasteiger partial charge < -0.3 is 5.32 Å². The van der Waals surface area contributed by atoms with Crippen molar-refractivity contribution in [1.29, 1.82) is 0 Å². The Bertz CT molecular complexity index is 1170. The van der Waals surface area contributed by atoms with Gasteiger partial charge in [-0.25, -0.2) is 9.38 Å². The van der Waals surface area contributed by atoms with Crippen LogP contribution >= 0.6 is 11.8 Å². The van der Waals surface area contributed by atoms with Crippen LogP contribution in [0.3, 0.4) is 0 Å². The quantitative estimate of drug-likeness (QED) is 0.517. The van der Waals surface area contributed by atoms with Crippen LogP contribution in [-0.4, -0.2) is 33.7 Å². The summed E-state index contributed by atoms with van der Waals surface area (Å²) in [4.78, 5) is 32.1. The molecule has 3 aromatic carbocycles. The van der Waals surface area contributed by atoms with Crippen LogP contribution in [0.15, 0.2) is 83.9 Å². The molecule has 1 aliphatic heterocycles. The van der Waals surface area contributed by atoms with E-state index in [1.165, 1.54) is 23.9 Å². The van der Waals surface area contributed by atoms with Gasteiger partial charge in [-0.1, -0.05) is 54.2 Å². The maximum atomic E-state index is 13.3. The lowest BCUT2D eigenvalue weighted by Gasteiger charge is -2.16. The normalized spacial score (nSPS) is 16.9. The number of benzene rings is 3. The Labute approximate surface area is 196 Å². The summed E-state index contributed by atoms with van der Waals surface area (Å²) >= 11 is 1.27. The number of amides is 2. The molecule has 33 heavy (non-hydrogen) atoms. The Morgan fingerprint density at radius 2 is 1.82 bits per heavy atom. The Hall–Kier alpha value is -3.45. The monoisotopic (exact) mass is 461 g/mol. The van der Waals surface area contributed by atoms with E-state index in [4.69, 9.17) is 0 Å². The van der Waals surface area contributed by atoms with E-state index in [-0.39, 0.29) is 24.1 Å². The van der Waals surface area contributed by atoms with Crippen molar-refractivity contribution in [3.05, 3.63) is 95.8 Å². The summed E-state index contributed by atoms with van der Waals surface area (Å²) in [6.45, 7) is 2.40. The minimum absolute atomic E-state index is 0.0434. The third-order valence-corrected chi connectivity index (χ3v) is 6.39. The van der Waals surface area contributed by atoms with Gasteiger partial charge in [0.25, 0.3) is 0 Å². The highest BCUT2D eigenvalue weighted by Gasteiger charge is 2.39. The van der Waals surface area contributed by atoms with Crippen LogP contribution in [0.5, 0.6) is 0 Å². The van der Waals surface area contributed by atoms with Crippen molar-refractivity contribution in [3.8, 4) is 0 Å². The topological polar surface area (TPSA) is 61.8 Å². The minimum Gasteiger partial charge on any atom is -0.326 e. The lowest BCUT2D eigenvalue weighted by atomic mass is 10.1. The van der Waals surface area contributed by atoms with Crippen LogP contribution in [0.4, 0.5) is 15.8 Å². The van der Waals surface area contributed by atoms with E-state index in [0.29, 0.717) is 29.5 Å². The number of hydrogen-bond donors (Lipinski definition) is 1. The molecule has 0 aliphatic carbocycles. The summed E-state index contributed by atoms with van der Waals surface area (Å²) in [7, 11) is 0. The van der Waals surface area contributed by atoms with Crippen molar-refractivity contribution >= 4 is 40.1 Å². The summed E-state index contributed by atoms with van der Waals surface area (Å²) < 4.78 is 13.3. The lowest BCUT2D eigenvalue weighted by Crippen LogP contribution is -2.35. The standard InChI is InChI=1S/C26H24FN3O2S/c1-18-6-5-9-22(16-18)28-24(31)17-23-25(32)30(15-14-19-7-3-2-4-8-19)26(33-23)29-21-12-10-20(27)11-13-21/h2-13,16,23H,14-15,17H2,1H3,(H,28,31). The summed E-state index contributed by atoms with van der Waals surface area (Å²) in [5.41, 5.74) is 3.41. The molecule has 1 atom stereocenters. The van der Waals surface area contributed by atoms with Crippen molar-refractivity contribution in [1.82, 2.24) is 4.90 Å². The molecule has 1 unspecified atom stereocenters. The number of nitrogens with zero attached hydrogens (tertiary/aromatic N) is 2. The second-order valence-corrected chi connectivity index (χ2v) is 8.99. The van der Waals surface area contributed by atoms with Crippen LogP contribution < -0.4 is 5.32 Å². The molecule has 2 amide bonds. The van der Waals surface area contributed by atoms with Crippen LogP contribution in [0.2, 0.25) is 0 Å². The smallest absolute Gasteiger partial charge is 0.242 e. The predicted molar refractivity (Wildman–Crippen MR) is 131 cm³/mol. The molecule has 0 radical (unpaired) electrons. The van der Waals surface area contributed by atoms with Gasteiger partial charge in [0.2, 0.25) is 11.8 Å². The fourth-order valence-corrected chi connectivity index (χ4v) is 4.73. The van der Waals surface area contributed by atoms with Crippen LogP contribution in [0.25, 0.3) is 0 Å². The first kappa shape index (κ1) is 22.7. The van der Waals surface area contributed by atoms with Gasteiger partial charge in [0.15, 0.2) is 5.17 Å². The Kier molecular flexibility index (Phi) is 7.19. The molecule has 1 fully saturated rings. The number of thioether (sulfide) groups is 1. The van der Waals surface area contributed by atoms with E-state index >= 15 is 0 Å². The molecule has 0 saturated carbocycles. The Morgan fingerprint density at radius 3 is 2.55 bits per heavy atom. The molecule has 7 heteroatoms. The first-order valence-electron chi connectivity index (χ1n) is 10.7. The van der Waals surface area contributed by atoms with Gasteiger partial charge in [0.1, 0.15) is 11.1 Å². The Balaban J connectivity index is 1.50. The molecular formula is C26H24FN3O2S. The Morgan fingerprint density at radius 1 is 1.06 bits per heavy atom. The number of aryl methyl sites for hydroxylation is 1. The number of nitrogens with one attached hydrogen (secondary N) is 1. The third-order valence-electron chi connectivity index (χ3n) is 5.21. The van der Waals surface area contributed by atoms with Gasteiger partial charge in [0, 0.05) is 18.7 Å². The zero-order valence-electron chi connectivity index (χ0n) is 18.2. The molecule has 0 spiro atoms. The lowest BCUT2D eigenvalue weighted by molar-refractivity contribution is -0.128. The summed E-state index contributed by atoms with van der Waals surface area (Å²) in [6, 6.07) is 23.2. The molecule has 5 nitrogen and oxygen atoms in total. The number of carbonyl (C=O) groups excluding carboxylic acids is 2. The molecule has 0 aromatic heterocycles. The molecule has 1 saturated heterocycles. The van der Waals surface area contributed by atoms with Gasteiger partial charge in [0.05, 0.1) is 5.69 Å². The highest BCUT2D eigenvalue weighted by atomic mass is 32.2. The fourth-order valence-electron chi connectivity index (χ4n) is 3.55. The number of hydrogen-bond acceptors (Lipinski definition) is 4. The van der Waals surface area contributed by atoms with E-state index in [9.17, 15) is 14.0 Å². The number of rotatable bonds is 7. The summed E-state index contributed by atoms with van der Waals surface area (Å²) in [5.74, 6) is -0.714. The van der Waals surface area contributed by atoms with Gasteiger partial charge in [-0.3, -0.25) is 14.5 Å². The van der Waals surface area contributed by atoms with Crippen LogP contribution in [0.1, 0.15) is 17.5 Å². The number of anilines is 1. The molecule has 1 N–H and O–H groups in total. The molecule has 1 heterocycles. The maximum Gasteiger partial charge on any atom is 0.242 e. The molecular weight excluding hydrogens is 437 g/mol. The highest BCUT2D eigenvalue weighted by molar-refractivity contribution is 8.15. The average Bonchev–Trinajstić information content (AvgIpc) is 3.08. The predicted octanol–water partition coefficient (Wildman–Crippen LogP) is 5.34. The summed E-state index contributed by atoms with van der Waals surface area (Å²) in [6.07, 6.45) is 0.708. The first-order valence-corrected chi connectivity index (χ1v) is 11.6. The highest BCUT2D eigenvalue weighted by Crippen LogP contribution is 2.32. The first-order chi connectivity index (χ1) is 16.0. The van der Waals surface area contributed by atoms with E-state index in [1.807, 2.05) is 61.5 Å². The largest absolute Gasteiger partial charge is 0.326 e. The van der Waals surface area contributed by atoms with Crippen molar-refractivity contribution < 1.29 is 14.0 Å². The number of halogens is 1. The third kappa shape index (κ3) is 6.08. The SMILES string of the molecule is Cc1cccc(NC(=O)CC2SC(=Nc3ccc(F)cc3)N(CCc3ccccc3)C2=O)c1. The van der Waals surface area contributed by atoms with E-state index in [0.717, 1.165) is 11.1 Å². The van der Waals surface area contributed by atoms with Crippen LogP contribution in [0, 0.1) is 12.7 Å².